The topological polar surface area (TPSA) is 35.6 Å². The lowest BCUT2D eigenvalue weighted by Crippen LogP contribution is -2.05. The van der Waals surface area contributed by atoms with Crippen LogP contribution in [0, 0.1) is 6.92 Å². The quantitative estimate of drug-likeness (QED) is 0.581. The molecule has 3 aromatic rings. The molecule has 2 aromatic heterocycles. The van der Waals surface area contributed by atoms with Crippen molar-refractivity contribution in [3.63, 3.8) is 0 Å². The summed E-state index contributed by atoms with van der Waals surface area (Å²) in [5.41, 5.74) is 3.73. The van der Waals surface area contributed by atoms with Crippen LogP contribution in [0.1, 0.15) is 11.5 Å². The first kappa shape index (κ1) is 14.1. The zero-order chi connectivity index (χ0) is 14.4. The van der Waals surface area contributed by atoms with Gasteiger partial charge in [-0.15, -0.1) is 11.6 Å². The van der Waals surface area contributed by atoms with Gasteiger partial charge in [0.15, 0.2) is 5.65 Å². The van der Waals surface area contributed by atoms with Crippen molar-refractivity contribution in [2.45, 2.75) is 12.8 Å². The van der Waals surface area contributed by atoms with Crippen molar-refractivity contribution in [2.75, 3.05) is 0 Å². The van der Waals surface area contributed by atoms with Gasteiger partial charge in [-0.25, -0.2) is 9.67 Å². The van der Waals surface area contributed by atoms with Crippen LogP contribution in [0.5, 0.6) is 0 Å². The average Bonchev–Trinajstić information content (AvgIpc) is 2.89. The normalized spacial score (nSPS) is 11.4. The van der Waals surface area contributed by atoms with E-state index in [0.29, 0.717) is 5.88 Å². The number of hydrogen-bond acceptors (Lipinski definition) is 2. The van der Waals surface area contributed by atoms with Crippen molar-refractivity contribution < 1.29 is 0 Å². The van der Waals surface area contributed by atoms with Gasteiger partial charge in [-0.1, -0.05) is 15.9 Å². The van der Waals surface area contributed by atoms with Gasteiger partial charge in [0.05, 0.1) is 17.3 Å². The Labute approximate surface area is 138 Å². The molecule has 0 radical (unpaired) electrons. The number of hydrogen-bond donors (Lipinski definition) is 0. The van der Waals surface area contributed by atoms with Gasteiger partial charge in [0.2, 0.25) is 0 Å². The van der Waals surface area contributed by atoms with E-state index in [1.807, 2.05) is 41.4 Å². The smallest absolute Gasteiger partial charge is 0.163 e. The van der Waals surface area contributed by atoms with Crippen molar-refractivity contribution in [1.29, 1.82) is 0 Å². The molecule has 0 amide bonds. The second kappa shape index (κ2) is 5.16. The average molecular weight is 419 g/mol. The Balaban J connectivity index is 2.39. The molecule has 3 rings (SSSR count). The summed E-state index contributed by atoms with van der Waals surface area (Å²) in [6.45, 7) is 1.95. The van der Waals surface area contributed by atoms with Gasteiger partial charge in [-0.2, -0.15) is 5.10 Å². The molecule has 0 aliphatic rings. The lowest BCUT2D eigenvalue weighted by molar-refractivity contribution is 0.754. The van der Waals surface area contributed by atoms with Crippen LogP contribution in [0.15, 0.2) is 27.1 Å². The zero-order valence-corrected chi connectivity index (χ0v) is 14.8. The fourth-order valence-electron chi connectivity index (χ4n) is 2.32. The molecule has 1 aromatic carbocycles. The zero-order valence-electron chi connectivity index (χ0n) is 10.9. The minimum absolute atomic E-state index is 0.344. The number of imidazole rings is 1. The summed E-state index contributed by atoms with van der Waals surface area (Å²) in [4.78, 5) is 4.61. The molecule has 0 aliphatic carbocycles. The SMILES string of the molecule is Cc1nn(C)c2c1nc(CCl)n2-c1ccc(Br)cc1Br. The highest BCUT2D eigenvalue weighted by molar-refractivity contribution is 9.11. The van der Waals surface area contributed by atoms with Crippen LogP contribution in [0.25, 0.3) is 16.9 Å². The van der Waals surface area contributed by atoms with Crippen LogP contribution >= 0.6 is 43.5 Å². The molecule has 0 saturated carbocycles. The van der Waals surface area contributed by atoms with E-state index in [2.05, 4.69) is 41.9 Å². The molecule has 2 heterocycles. The Morgan fingerprint density at radius 3 is 2.70 bits per heavy atom. The van der Waals surface area contributed by atoms with Gasteiger partial charge in [-0.3, -0.25) is 4.57 Å². The molecule has 4 nitrogen and oxygen atoms in total. The Hall–Kier alpha value is -0.850. The van der Waals surface area contributed by atoms with Crippen LogP contribution in [0.4, 0.5) is 0 Å². The summed E-state index contributed by atoms with van der Waals surface area (Å²) in [7, 11) is 1.91. The summed E-state index contributed by atoms with van der Waals surface area (Å²) in [5.74, 6) is 1.15. The van der Waals surface area contributed by atoms with E-state index in [1.54, 1.807) is 0 Å². The van der Waals surface area contributed by atoms with E-state index in [1.165, 1.54) is 0 Å². The van der Waals surface area contributed by atoms with E-state index in [4.69, 9.17) is 11.6 Å². The number of rotatable bonds is 2. The van der Waals surface area contributed by atoms with Gasteiger partial charge in [-0.05, 0) is 41.1 Å². The molecular formula is C13H11Br2ClN4. The Morgan fingerprint density at radius 1 is 1.30 bits per heavy atom. The highest BCUT2D eigenvalue weighted by Gasteiger charge is 2.19. The maximum Gasteiger partial charge on any atom is 0.163 e. The molecule has 20 heavy (non-hydrogen) atoms. The van der Waals surface area contributed by atoms with Gasteiger partial charge >= 0.3 is 0 Å². The van der Waals surface area contributed by atoms with E-state index >= 15 is 0 Å². The van der Waals surface area contributed by atoms with Crippen LogP contribution in [-0.4, -0.2) is 19.3 Å². The first-order valence-electron chi connectivity index (χ1n) is 5.95. The number of fused-ring (bicyclic) bond motifs is 1. The number of aryl methyl sites for hydroxylation is 2. The van der Waals surface area contributed by atoms with Crippen LogP contribution in [-0.2, 0) is 12.9 Å². The van der Waals surface area contributed by atoms with Gasteiger partial charge < -0.3 is 0 Å². The fourth-order valence-corrected chi connectivity index (χ4v) is 3.73. The second-order valence-electron chi connectivity index (χ2n) is 4.47. The number of nitrogens with zero attached hydrogens (tertiary/aromatic N) is 4. The van der Waals surface area contributed by atoms with Crippen molar-refractivity contribution in [3.8, 4) is 5.69 Å². The Kier molecular flexibility index (Phi) is 3.64. The van der Waals surface area contributed by atoms with Crippen LogP contribution < -0.4 is 0 Å². The van der Waals surface area contributed by atoms with E-state index in [-0.39, 0.29) is 0 Å². The van der Waals surface area contributed by atoms with Crippen molar-refractivity contribution in [1.82, 2.24) is 19.3 Å². The summed E-state index contributed by atoms with van der Waals surface area (Å²) in [5, 5.41) is 4.42. The predicted octanol–water partition coefficient (Wildman–Crippen LogP) is 4.33. The summed E-state index contributed by atoms with van der Waals surface area (Å²) >= 11 is 13.1. The molecule has 0 unspecified atom stereocenters. The van der Waals surface area contributed by atoms with Crippen molar-refractivity contribution in [3.05, 3.63) is 38.7 Å². The summed E-state index contributed by atoms with van der Waals surface area (Å²) in [6.07, 6.45) is 0. The Morgan fingerprint density at radius 2 is 2.05 bits per heavy atom. The molecular weight excluding hydrogens is 407 g/mol. The maximum atomic E-state index is 6.06. The number of alkyl halides is 1. The third-order valence-corrected chi connectivity index (χ3v) is 4.51. The predicted molar refractivity (Wildman–Crippen MR) is 87.5 cm³/mol. The highest BCUT2D eigenvalue weighted by Crippen LogP contribution is 2.30. The molecule has 0 atom stereocenters. The molecule has 0 N–H and O–H groups in total. The monoisotopic (exact) mass is 416 g/mol. The minimum Gasteiger partial charge on any atom is -0.279 e. The van der Waals surface area contributed by atoms with E-state index in [9.17, 15) is 0 Å². The molecule has 0 aliphatic heterocycles. The largest absolute Gasteiger partial charge is 0.279 e. The molecule has 0 fully saturated rings. The second-order valence-corrected chi connectivity index (χ2v) is 6.51. The van der Waals surface area contributed by atoms with Crippen molar-refractivity contribution in [2.24, 2.45) is 7.05 Å². The third kappa shape index (κ3) is 2.10. The molecule has 104 valence electrons. The van der Waals surface area contributed by atoms with Gasteiger partial charge in [0, 0.05) is 16.0 Å². The van der Waals surface area contributed by atoms with Crippen molar-refractivity contribution >= 4 is 54.6 Å². The Bertz CT molecular complexity index is 806. The first-order valence-corrected chi connectivity index (χ1v) is 8.07. The molecule has 0 bridgehead atoms. The highest BCUT2D eigenvalue weighted by atomic mass is 79.9. The lowest BCUT2D eigenvalue weighted by atomic mass is 10.3. The summed E-state index contributed by atoms with van der Waals surface area (Å²) in [6, 6.07) is 6.02. The fraction of sp³-hybridized carbons (Fsp3) is 0.231. The number of benzene rings is 1. The van der Waals surface area contributed by atoms with Gasteiger partial charge in [0.25, 0.3) is 0 Å². The van der Waals surface area contributed by atoms with E-state index < -0.39 is 0 Å². The first-order chi connectivity index (χ1) is 9.52. The number of aromatic nitrogens is 4. The number of halogens is 3. The maximum absolute atomic E-state index is 6.06. The van der Waals surface area contributed by atoms with Gasteiger partial charge in [0.1, 0.15) is 11.3 Å². The summed E-state index contributed by atoms with van der Waals surface area (Å²) < 4.78 is 5.86. The molecule has 7 heteroatoms. The molecule has 0 saturated heterocycles. The standard InChI is InChI=1S/C13H11Br2ClN4/c1-7-12-13(19(2)18-7)20(11(6-16)17-12)10-4-3-8(14)5-9(10)15/h3-5H,6H2,1-2H3. The van der Waals surface area contributed by atoms with Crippen LogP contribution in [0.2, 0.25) is 0 Å². The van der Waals surface area contributed by atoms with Crippen LogP contribution in [0.3, 0.4) is 0 Å². The third-order valence-electron chi connectivity index (χ3n) is 3.14. The molecule has 0 spiro atoms. The minimum atomic E-state index is 0.344. The lowest BCUT2D eigenvalue weighted by Gasteiger charge is -2.10. The van der Waals surface area contributed by atoms with E-state index in [0.717, 1.165) is 37.3 Å².